The summed E-state index contributed by atoms with van der Waals surface area (Å²) in [6.07, 6.45) is 5.05. The average molecular weight is 280 g/mol. The molecule has 21 heavy (non-hydrogen) atoms. The molecule has 0 saturated carbocycles. The van der Waals surface area contributed by atoms with Crippen molar-refractivity contribution in [2.75, 3.05) is 0 Å². The molecule has 0 spiro atoms. The van der Waals surface area contributed by atoms with Crippen LogP contribution >= 0.6 is 0 Å². The van der Waals surface area contributed by atoms with Gasteiger partial charge in [0.15, 0.2) is 0 Å². The molecular formula is C18H20N2O. The number of nitrogens with zero attached hydrogens (tertiary/aromatic N) is 1. The summed E-state index contributed by atoms with van der Waals surface area (Å²) < 4.78 is 0. The molecule has 1 aromatic rings. The minimum atomic E-state index is -0.749. The molecule has 3 heteroatoms. The van der Waals surface area contributed by atoms with E-state index in [1.807, 2.05) is 19.1 Å². The van der Waals surface area contributed by atoms with E-state index in [1.165, 1.54) is 16.7 Å². The van der Waals surface area contributed by atoms with Crippen LogP contribution < -0.4 is 5.32 Å². The van der Waals surface area contributed by atoms with Crippen molar-refractivity contribution in [1.29, 1.82) is 5.26 Å². The van der Waals surface area contributed by atoms with Crippen molar-refractivity contribution in [3.8, 4) is 6.07 Å². The summed E-state index contributed by atoms with van der Waals surface area (Å²) in [5.41, 5.74) is 3.80. The van der Waals surface area contributed by atoms with E-state index >= 15 is 0 Å². The Morgan fingerprint density at radius 1 is 1.24 bits per heavy atom. The summed E-state index contributed by atoms with van der Waals surface area (Å²) in [6, 6.07) is 10.6. The Kier molecular flexibility index (Phi) is 3.55. The minimum absolute atomic E-state index is 0.0362. The molecule has 0 saturated heterocycles. The molecule has 0 bridgehead atoms. The van der Waals surface area contributed by atoms with E-state index in [2.05, 4.69) is 23.5 Å². The Labute approximate surface area is 125 Å². The number of nitriles is 1. The van der Waals surface area contributed by atoms with E-state index in [-0.39, 0.29) is 5.91 Å². The SMILES string of the molecule is CC1=C(C(=O)NC2(C#N)CCc3ccccc3C2)CCC1. The molecule has 0 aromatic heterocycles. The van der Waals surface area contributed by atoms with Gasteiger partial charge in [0, 0.05) is 12.0 Å². The first-order valence-corrected chi connectivity index (χ1v) is 7.63. The number of nitrogens with one attached hydrogen (secondary N) is 1. The third-order valence-electron chi connectivity index (χ3n) is 4.77. The van der Waals surface area contributed by atoms with Crippen molar-refractivity contribution in [1.82, 2.24) is 5.32 Å². The lowest BCUT2D eigenvalue weighted by atomic mass is 9.78. The zero-order valence-electron chi connectivity index (χ0n) is 12.4. The van der Waals surface area contributed by atoms with E-state index in [0.29, 0.717) is 12.8 Å². The van der Waals surface area contributed by atoms with E-state index in [4.69, 9.17) is 0 Å². The fourth-order valence-electron chi connectivity index (χ4n) is 3.46. The molecule has 2 aliphatic carbocycles. The zero-order valence-corrected chi connectivity index (χ0v) is 12.4. The summed E-state index contributed by atoms with van der Waals surface area (Å²) in [5.74, 6) is -0.0362. The van der Waals surface area contributed by atoms with Crippen molar-refractivity contribution >= 4 is 5.91 Å². The molecular weight excluding hydrogens is 260 g/mol. The molecule has 0 fully saturated rings. The van der Waals surface area contributed by atoms with Gasteiger partial charge in [-0.05, 0) is 50.2 Å². The maximum Gasteiger partial charge on any atom is 0.248 e. The van der Waals surface area contributed by atoms with Crippen LogP contribution in [0.25, 0.3) is 0 Å². The third-order valence-corrected chi connectivity index (χ3v) is 4.77. The highest BCUT2D eigenvalue weighted by Crippen LogP contribution is 2.30. The van der Waals surface area contributed by atoms with Crippen LogP contribution in [0.2, 0.25) is 0 Å². The van der Waals surface area contributed by atoms with Crippen LogP contribution in [0, 0.1) is 11.3 Å². The van der Waals surface area contributed by atoms with Crippen LogP contribution in [0.3, 0.4) is 0 Å². The van der Waals surface area contributed by atoms with Crippen molar-refractivity contribution < 1.29 is 4.79 Å². The van der Waals surface area contributed by atoms with Gasteiger partial charge in [-0.3, -0.25) is 4.79 Å². The predicted molar refractivity (Wildman–Crippen MR) is 81.5 cm³/mol. The van der Waals surface area contributed by atoms with Gasteiger partial charge in [0.2, 0.25) is 5.91 Å². The van der Waals surface area contributed by atoms with Crippen LogP contribution in [0.15, 0.2) is 35.4 Å². The Balaban J connectivity index is 1.82. The van der Waals surface area contributed by atoms with Crippen LogP contribution in [-0.2, 0) is 17.6 Å². The number of fused-ring (bicyclic) bond motifs is 1. The molecule has 0 heterocycles. The monoisotopic (exact) mass is 280 g/mol. The third kappa shape index (κ3) is 2.58. The Morgan fingerprint density at radius 3 is 2.67 bits per heavy atom. The van der Waals surface area contributed by atoms with Gasteiger partial charge in [0.05, 0.1) is 6.07 Å². The molecule has 0 aliphatic heterocycles. The summed E-state index contributed by atoms with van der Waals surface area (Å²) in [6.45, 7) is 2.02. The number of allylic oxidation sites excluding steroid dienone is 1. The summed E-state index contributed by atoms with van der Waals surface area (Å²) in [7, 11) is 0. The Bertz CT molecular complexity index is 653. The standard InChI is InChI=1S/C18H20N2O/c1-13-5-4-8-16(13)17(21)20-18(12-19)10-9-14-6-2-3-7-15(14)11-18/h2-3,6-7H,4-5,8-11H2,1H3,(H,20,21). The lowest BCUT2D eigenvalue weighted by Crippen LogP contribution is -2.51. The zero-order chi connectivity index (χ0) is 14.9. The minimum Gasteiger partial charge on any atom is -0.334 e. The number of amides is 1. The number of rotatable bonds is 2. The van der Waals surface area contributed by atoms with Crippen molar-refractivity contribution in [3.05, 3.63) is 46.5 Å². The van der Waals surface area contributed by atoms with Gasteiger partial charge in [-0.1, -0.05) is 29.8 Å². The highest BCUT2D eigenvalue weighted by atomic mass is 16.1. The predicted octanol–water partition coefficient (Wildman–Crippen LogP) is 3.05. The second-order valence-electron chi connectivity index (χ2n) is 6.21. The average Bonchev–Trinajstić information content (AvgIpc) is 2.93. The van der Waals surface area contributed by atoms with Crippen molar-refractivity contribution in [2.45, 2.75) is 51.0 Å². The topological polar surface area (TPSA) is 52.9 Å². The normalized spacial score (nSPS) is 24.4. The first-order valence-electron chi connectivity index (χ1n) is 7.63. The highest BCUT2D eigenvalue weighted by molar-refractivity contribution is 5.95. The van der Waals surface area contributed by atoms with Crippen molar-refractivity contribution in [2.24, 2.45) is 0 Å². The van der Waals surface area contributed by atoms with Crippen LogP contribution in [0.1, 0.15) is 43.7 Å². The molecule has 1 aromatic carbocycles. The molecule has 3 rings (SSSR count). The summed E-state index contributed by atoms with van der Waals surface area (Å²) in [4.78, 5) is 12.5. The highest BCUT2D eigenvalue weighted by Gasteiger charge is 2.37. The van der Waals surface area contributed by atoms with Gasteiger partial charge in [-0.15, -0.1) is 0 Å². The van der Waals surface area contributed by atoms with Crippen molar-refractivity contribution in [3.63, 3.8) is 0 Å². The first-order chi connectivity index (χ1) is 10.1. The largest absolute Gasteiger partial charge is 0.334 e. The summed E-state index contributed by atoms with van der Waals surface area (Å²) >= 11 is 0. The van der Waals surface area contributed by atoms with Crippen LogP contribution in [0.5, 0.6) is 0 Å². The van der Waals surface area contributed by atoms with E-state index in [1.54, 1.807) is 0 Å². The van der Waals surface area contributed by atoms with Gasteiger partial charge in [0.1, 0.15) is 5.54 Å². The van der Waals surface area contributed by atoms with Crippen LogP contribution in [0.4, 0.5) is 0 Å². The lowest BCUT2D eigenvalue weighted by Gasteiger charge is -2.33. The number of hydrogen-bond acceptors (Lipinski definition) is 2. The fourth-order valence-corrected chi connectivity index (χ4v) is 3.46. The maximum atomic E-state index is 12.5. The molecule has 2 aliphatic rings. The lowest BCUT2D eigenvalue weighted by molar-refractivity contribution is -0.119. The fraction of sp³-hybridized carbons (Fsp3) is 0.444. The molecule has 3 nitrogen and oxygen atoms in total. The van der Waals surface area contributed by atoms with Gasteiger partial charge in [-0.2, -0.15) is 5.26 Å². The Morgan fingerprint density at radius 2 is 2.00 bits per heavy atom. The smallest absolute Gasteiger partial charge is 0.248 e. The maximum absolute atomic E-state index is 12.5. The van der Waals surface area contributed by atoms with E-state index in [0.717, 1.165) is 31.3 Å². The molecule has 1 atom stereocenters. The van der Waals surface area contributed by atoms with Gasteiger partial charge < -0.3 is 5.32 Å². The van der Waals surface area contributed by atoms with Gasteiger partial charge in [0.25, 0.3) is 0 Å². The molecule has 1 unspecified atom stereocenters. The number of benzene rings is 1. The number of hydrogen-bond donors (Lipinski definition) is 1. The Hall–Kier alpha value is -2.08. The van der Waals surface area contributed by atoms with E-state index < -0.39 is 5.54 Å². The summed E-state index contributed by atoms with van der Waals surface area (Å²) in [5, 5.41) is 12.7. The quantitative estimate of drug-likeness (QED) is 0.905. The molecule has 108 valence electrons. The second-order valence-corrected chi connectivity index (χ2v) is 6.21. The van der Waals surface area contributed by atoms with Gasteiger partial charge >= 0.3 is 0 Å². The molecule has 0 radical (unpaired) electrons. The molecule has 1 amide bonds. The second kappa shape index (κ2) is 5.37. The van der Waals surface area contributed by atoms with Gasteiger partial charge in [-0.25, -0.2) is 0 Å². The number of carbonyl (C=O) groups excluding carboxylic acids is 1. The van der Waals surface area contributed by atoms with E-state index in [9.17, 15) is 10.1 Å². The first kappa shape index (κ1) is 13.9. The number of carbonyl (C=O) groups is 1. The number of aryl methyl sites for hydroxylation is 1. The molecule has 1 N–H and O–H groups in total. The van der Waals surface area contributed by atoms with Crippen LogP contribution in [-0.4, -0.2) is 11.4 Å².